The Kier molecular flexibility index (Phi) is 7.96. The molecule has 0 aliphatic heterocycles. The van der Waals surface area contributed by atoms with E-state index in [1.807, 2.05) is 11.5 Å². The number of hydrogen-bond donors (Lipinski definition) is 2. The molecular weight excluding hydrogens is 408 g/mol. The van der Waals surface area contributed by atoms with Gasteiger partial charge in [-0.1, -0.05) is 26.2 Å². The highest BCUT2D eigenvalue weighted by molar-refractivity contribution is 7.89. The molecule has 10 heteroatoms. The number of aryl methyl sites for hydroxylation is 2. The van der Waals surface area contributed by atoms with Gasteiger partial charge in [0.15, 0.2) is 0 Å². The van der Waals surface area contributed by atoms with Crippen LogP contribution in [0.5, 0.6) is 0 Å². The number of carbonyl (C=O) groups excluding carboxylic acids is 1. The molecule has 0 saturated carbocycles. The van der Waals surface area contributed by atoms with Crippen molar-refractivity contribution in [3.63, 3.8) is 0 Å². The van der Waals surface area contributed by atoms with E-state index in [2.05, 4.69) is 10.3 Å². The van der Waals surface area contributed by atoms with Crippen LogP contribution >= 0.6 is 0 Å². The quantitative estimate of drug-likeness (QED) is 0.517. The molecule has 1 unspecified atom stereocenters. The molecule has 0 fully saturated rings. The number of amides is 1. The Balaban J connectivity index is 2.09. The van der Waals surface area contributed by atoms with E-state index < -0.39 is 22.0 Å². The number of hydrogen-bond acceptors (Lipinski definition) is 5. The zero-order chi connectivity index (χ0) is 22.5. The molecule has 9 nitrogen and oxygen atoms in total. The van der Waals surface area contributed by atoms with Crippen LogP contribution in [0.3, 0.4) is 0 Å². The average Bonchev–Trinajstić information content (AvgIpc) is 3.00. The maximum atomic E-state index is 12.3. The van der Waals surface area contributed by atoms with Crippen molar-refractivity contribution in [1.29, 1.82) is 0 Å². The molecule has 1 amide bonds. The Labute approximate surface area is 177 Å². The monoisotopic (exact) mass is 438 g/mol. The summed E-state index contributed by atoms with van der Waals surface area (Å²) in [5.41, 5.74) is 1.28. The predicted octanol–water partition coefficient (Wildman–Crippen LogP) is 1.91. The lowest BCUT2D eigenvalue weighted by Gasteiger charge is -2.14. The second-order valence-electron chi connectivity index (χ2n) is 7.48. The first kappa shape index (κ1) is 23.8. The maximum Gasteiger partial charge on any atom is 0.326 e. The molecule has 1 aromatic carbocycles. The Morgan fingerprint density at radius 3 is 2.57 bits per heavy atom. The summed E-state index contributed by atoms with van der Waals surface area (Å²) in [5, 5.41) is 11.9. The Bertz CT molecular complexity index is 1010. The van der Waals surface area contributed by atoms with E-state index in [9.17, 15) is 23.1 Å². The van der Waals surface area contributed by atoms with E-state index in [1.165, 1.54) is 26.2 Å². The van der Waals surface area contributed by atoms with Gasteiger partial charge in [0.05, 0.1) is 15.9 Å². The summed E-state index contributed by atoms with van der Waals surface area (Å²) >= 11 is 0. The summed E-state index contributed by atoms with van der Waals surface area (Å²) < 4.78 is 27.6. The number of nitrogens with one attached hydrogen (secondary N) is 1. The SMILES string of the molecule is CCCCCC(NC(=O)CCc1nc2cc(S(=O)(=O)N(C)C)ccc2n1C)C(=O)O. The minimum atomic E-state index is -3.56. The lowest BCUT2D eigenvalue weighted by molar-refractivity contribution is -0.142. The number of unbranched alkanes of at least 4 members (excludes halogenated alkanes) is 2. The molecule has 1 atom stereocenters. The van der Waals surface area contributed by atoms with Gasteiger partial charge in [-0.3, -0.25) is 4.79 Å². The first-order valence-corrected chi connectivity index (χ1v) is 11.4. The van der Waals surface area contributed by atoms with Crippen LogP contribution in [-0.2, 0) is 33.1 Å². The van der Waals surface area contributed by atoms with Gasteiger partial charge in [-0.2, -0.15) is 0 Å². The first-order chi connectivity index (χ1) is 14.1. The van der Waals surface area contributed by atoms with Crippen LogP contribution in [0.1, 0.15) is 44.9 Å². The van der Waals surface area contributed by atoms with Crippen LogP contribution in [0.15, 0.2) is 23.1 Å². The third kappa shape index (κ3) is 5.57. The van der Waals surface area contributed by atoms with Gasteiger partial charge in [-0.15, -0.1) is 0 Å². The van der Waals surface area contributed by atoms with Gasteiger partial charge < -0.3 is 15.0 Å². The molecule has 2 N–H and O–H groups in total. The van der Waals surface area contributed by atoms with E-state index in [1.54, 1.807) is 13.1 Å². The highest BCUT2D eigenvalue weighted by Gasteiger charge is 2.21. The Morgan fingerprint density at radius 2 is 1.97 bits per heavy atom. The summed E-state index contributed by atoms with van der Waals surface area (Å²) in [4.78, 5) is 28.2. The van der Waals surface area contributed by atoms with Crippen molar-refractivity contribution in [3.8, 4) is 0 Å². The van der Waals surface area contributed by atoms with Gasteiger partial charge in [0, 0.05) is 34.0 Å². The standard InChI is InChI=1S/C20H30N4O5S/c1-5-6-7-8-15(20(26)27)22-19(25)12-11-18-21-16-13-14(30(28,29)23(2)3)9-10-17(16)24(18)4/h9-10,13,15H,5-8,11-12H2,1-4H3,(H,22,25)(H,26,27). The number of fused-ring (bicyclic) bond motifs is 1. The number of sulfonamides is 1. The molecule has 166 valence electrons. The second-order valence-corrected chi connectivity index (χ2v) is 9.63. The lowest BCUT2D eigenvalue weighted by atomic mass is 10.1. The number of carboxylic acids is 1. The summed E-state index contributed by atoms with van der Waals surface area (Å²) in [6, 6.07) is 3.85. The number of imidazole rings is 1. The molecular formula is C20H30N4O5S. The van der Waals surface area contributed by atoms with E-state index in [0.717, 1.165) is 29.1 Å². The van der Waals surface area contributed by atoms with Crippen LogP contribution in [-0.4, -0.2) is 59.4 Å². The number of benzene rings is 1. The summed E-state index contributed by atoms with van der Waals surface area (Å²) in [6.45, 7) is 2.03. The predicted molar refractivity (Wildman–Crippen MR) is 114 cm³/mol. The van der Waals surface area contributed by atoms with E-state index in [4.69, 9.17) is 0 Å². The molecule has 0 aliphatic rings. The van der Waals surface area contributed by atoms with Crippen molar-refractivity contribution in [2.24, 2.45) is 7.05 Å². The highest BCUT2D eigenvalue weighted by Crippen LogP contribution is 2.22. The third-order valence-electron chi connectivity index (χ3n) is 5.03. The van der Waals surface area contributed by atoms with Crippen molar-refractivity contribution in [1.82, 2.24) is 19.2 Å². The highest BCUT2D eigenvalue weighted by atomic mass is 32.2. The fraction of sp³-hybridized carbons (Fsp3) is 0.550. The molecule has 2 aromatic rings. The molecule has 30 heavy (non-hydrogen) atoms. The second kappa shape index (κ2) is 10.0. The fourth-order valence-corrected chi connectivity index (χ4v) is 4.09. The van der Waals surface area contributed by atoms with Crippen molar-refractivity contribution >= 4 is 32.9 Å². The summed E-state index contributed by atoms with van der Waals surface area (Å²) in [5.74, 6) is -0.754. The minimum Gasteiger partial charge on any atom is -0.480 e. The Morgan fingerprint density at radius 1 is 1.27 bits per heavy atom. The van der Waals surface area contributed by atoms with E-state index in [0.29, 0.717) is 24.2 Å². The topological polar surface area (TPSA) is 122 Å². The smallest absolute Gasteiger partial charge is 0.326 e. The summed E-state index contributed by atoms with van der Waals surface area (Å²) in [6.07, 6.45) is 3.46. The van der Waals surface area contributed by atoms with Gasteiger partial charge >= 0.3 is 5.97 Å². The number of carbonyl (C=O) groups is 2. The largest absolute Gasteiger partial charge is 0.480 e. The lowest BCUT2D eigenvalue weighted by Crippen LogP contribution is -2.40. The van der Waals surface area contributed by atoms with Crippen LogP contribution in [0.2, 0.25) is 0 Å². The van der Waals surface area contributed by atoms with Crippen LogP contribution < -0.4 is 5.32 Å². The van der Waals surface area contributed by atoms with E-state index in [-0.39, 0.29) is 17.2 Å². The van der Waals surface area contributed by atoms with Crippen LogP contribution in [0.4, 0.5) is 0 Å². The Hall–Kier alpha value is -2.46. The summed E-state index contributed by atoms with van der Waals surface area (Å²) in [7, 11) is 1.17. The third-order valence-corrected chi connectivity index (χ3v) is 6.84. The molecule has 2 rings (SSSR count). The molecule has 0 saturated heterocycles. The number of nitrogens with zero attached hydrogens (tertiary/aromatic N) is 3. The number of aromatic nitrogens is 2. The average molecular weight is 439 g/mol. The normalized spacial score (nSPS) is 13.0. The molecule has 0 bridgehead atoms. The molecule has 1 aromatic heterocycles. The van der Waals surface area contributed by atoms with Gasteiger partial charge in [0.25, 0.3) is 0 Å². The number of aliphatic carboxylic acids is 1. The van der Waals surface area contributed by atoms with Gasteiger partial charge in [-0.25, -0.2) is 22.5 Å². The number of carboxylic acid groups (broad SMARTS) is 1. The maximum absolute atomic E-state index is 12.3. The molecule has 0 aliphatic carbocycles. The zero-order valence-corrected chi connectivity index (χ0v) is 18.7. The van der Waals surface area contributed by atoms with Crippen molar-refractivity contribution in [2.75, 3.05) is 14.1 Å². The van der Waals surface area contributed by atoms with Crippen LogP contribution in [0, 0.1) is 0 Å². The molecule has 0 radical (unpaired) electrons. The zero-order valence-electron chi connectivity index (χ0n) is 17.9. The van der Waals surface area contributed by atoms with Gasteiger partial charge in [0.1, 0.15) is 11.9 Å². The molecule has 1 heterocycles. The fourth-order valence-electron chi connectivity index (χ4n) is 3.17. The molecule has 0 spiro atoms. The van der Waals surface area contributed by atoms with Gasteiger partial charge in [-0.05, 0) is 24.6 Å². The van der Waals surface area contributed by atoms with E-state index >= 15 is 0 Å². The van der Waals surface area contributed by atoms with Crippen molar-refractivity contribution < 1.29 is 23.1 Å². The minimum absolute atomic E-state index is 0.0948. The van der Waals surface area contributed by atoms with Crippen molar-refractivity contribution in [2.45, 2.75) is 56.4 Å². The van der Waals surface area contributed by atoms with Crippen molar-refractivity contribution in [3.05, 3.63) is 24.0 Å². The number of rotatable bonds is 11. The first-order valence-electron chi connectivity index (χ1n) is 9.98. The van der Waals surface area contributed by atoms with Gasteiger partial charge in [0.2, 0.25) is 15.9 Å². The van der Waals surface area contributed by atoms with Crippen LogP contribution in [0.25, 0.3) is 11.0 Å².